The fourth-order valence-electron chi connectivity index (χ4n) is 2.21. The lowest BCUT2D eigenvalue weighted by atomic mass is 10.1. The number of amides is 1. The second-order valence-corrected chi connectivity index (χ2v) is 6.54. The molecule has 2 N–H and O–H groups in total. The number of non-ortho nitro benzene ring substituents is 1. The molecule has 1 saturated heterocycles. The molecule has 1 fully saturated rings. The van der Waals surface area contributed by atoms with Crippen LogP contribution in [-0.2, 0) is 9.59 Å². The molecule has 1 aliphatic heterocycles. The quantitative estimate of drug-likeness (QED) is 0.438. The maximum atomic E-state index is 11.6. The maximum Gasteiger partial charge on any atom is 0.305 e. The summed E-state index contributed by atoms with van der Waals surface area (Å²) in [6.07, 6.45) is 1.04. The van der Waals surface area contributed by atoms with Gasteiger partial charge in [-0.1, -0.05) is 11.8 Å². The first-order valence-electron chi connectivity index (χ1n) is 7.57. The monoisotopic (exact) mass is 388 g/mol. The highest BCUT2D eigenvalue weighted by Gasteiger charge is 2.32. The van der Waals surface area contributed by atoms with Gasteiger partial charge in [0.15, 0.2) is 5.17 Å². The lowest BCUT2D eigenvalue weighted by Gasteiger charge is -1.97. The zero-order valence-electron chi connectivity index (χ0n) is 13.6. The smallest absolute Gasteiger partial charge is 0.305 e. The molecule has 2 aromatic rings. The van der Waals surface area contributed by atoms with E-state index in [0.29, 0.717) is 17.1 Å². The lowest BCUT2D eigenvalue weighted by Crippen LogP contribution is -2.26. The molecule has 0 bridgehead atoms. The zero-order valence-corrected chi connectivity index (χ0v) is 14.4. The van der Waals surface area contributed by atoms with Gasteiger partial charge in [-0.05, 0) is 24.3 Å². The number of nitro groups is 1. The van der Waals surface area contributed by atoms with Gasteiger partial charge in [0.2, 0.25) is 5.91 Å². The predicted molar refractivity (Wildman–Crippen MR) is 97.6 cm³/mol. The van der Waals surface area contributed by atoms with Crippen LogP contribution in [0.5, 0.6) is 0 Å². The number of furan rings is 1. The Morgan fingerprint density at radius 1 is 1.33 bits per heavy atom. The Hall–Kier alpha value is -3.47. The molecule has 0 spiro atoms. The SMILES string of the molecule is O=C(O)CC1S/C(=N/N=Cc2ccc(-c3ccc([N+](=O)[O-])cc3)o2)NC1=O. The van der Waals surface area contributed by atoms with Crippen LogP contribution in [0.25, 0.3) is 11.3 Å². The molecule has 3 rings (SSSR count). The third-order valence-electron chi connectivity index (χ3n) is 3.46. The summed E-state index contributed by atoms with van der Waals surface area (Å²) < 4.78 is 5.57. The Kier molecular flexibility index (Phi) is 5.31. The number of carboxylic acids is 1. The number of rotatable bonds is 6. The number of aliphatic carboxylic acids is 1. The Balaban J connectivity index is 1.64. The number of hydrogen-bond acceptors (Lipinski definition) is 8. The van der Waals surface area contributed by atoms with Crippen LogP contribution in [0.2, 0.25) is 0 Å². The van der Waals surface area contributed by atoms with Gasteiger partial charge in [-0.2, -0.15) is 5.10 Å². The molecule has 1 amide bonds. The van der Waals surface area contributed by atoms with Crippen LogP contribution >= 0.6 is 11.8 Å². The zero-order chi connectivity index (χ0) is 19.4. The molecule has 1 aliphatic rings. The number of carbonyl (C=O) groups is 2. The van der Waals surface area contributed by atoms with Crippen molar-refractivity contribution in [3.63, 3.8) is 0 Å². The normalized spacial score (nSPS) is 18.1. The summed E-state index contributed by atoms with van der Waals surface area (Å²) in [5, 5.41) is 29.0. The number of benzene rings is 1. The van der Waals surface area contributed by atoms with Crippen molar-refractivity contribution in [3.8, 4) is 11.3 Å². The van der Waals surface area contributed by atoms with Crippen molar-refractivity contribution >= 4 is 40.7 Å². The minimum absolute atomic E-state index is 0.0137. The van der Waals surface area contributed by atoms with Gasteiger partial charge >= 0.3 is 5.97 Å². The lowest BCUT2D eigenvalue weighted by molar-refractivity contribution is -0.384. The molecule has 2 heterocycles. The van der Waals surface area contributed by atoms with Gasteiger partial charge in [-0.25, -0.2) is 0 Å². The van der Waals surface area contributed by atoms with E-state index < -0.39 is 22.0 Å². The van der Waals surface area contributed by atoms with Crippen LogP contribution in [0.1, 0.15) is 12.2 Å². The van der Waals surface area contributed by atoms with E-state index in [4.69, 9.17) is 9.52 Å². The van der Waals surface area contributed by atoms with Crippen LogP contribution in [0.15, 0.2) is 51.0 Å². The van der Waals surface area contributed by atoms with Gasteiger partial charge in [0.05, 0.1) is 17.6 Å². The number of carbonyl (C=O) groups excluding carboxylic acids is 1. The fraction of sp³-hybridized carbons (Fsp3) is 0.125. The van der Waals surface area contributed by atoms with Crippen LogP contribution in [0.3, 0.4) is 0 Å². The number of amidine groups is 1. The van der Waals surface area contributed by atoms with Crippen molar-refractivity contribution in [2.45, 2.75) is 11.7 Å². The van der Waals surface area contributed by atoms with E-state index in [9.17, 15) is 19.7 Å². The fourth-order valence-corrected chi connectivity index (χ4v) is 3.12. The predicted octanol–water partition coefficient (Wildman–Crippen LogP) is 2.25. The highest BCUT2D eigenvalue weighted by molar-refractivity contribution is 8.15. The molecule has 1 aromatic carbocycles. The number of thioether (sulfide) groups is 1. The standard InChI is InChI=1S/C16H12N4O6S/c21-14(22)7-13-15(23)18-16(27-13)19-17-8-11-5-6-12(26-11)9-1-3-10(4-2-9)20(24)25/h1-6,8,13H,7H2,(H,21,22)(H,18,19,23). The summed E-state index contributed by atoms with van der Waals surface area (Å²) in [6, 6.07) is 9.24. The largest absolute Gasteiger partial charge is 0.481 e. The molecule has 1 atom stereocenters. The topological polar surface area (TPSA) is 147 Å². The molecule has 0 saturated carbocycles. The molecular formula is C16H12N4O6S. The molecule has 11 heteroatoms. The third-order valence-corrected chi connectivity index (χ3v) is 4.53. The van der Waals surface area contributed by atoms with Gasteiger partial charge in [0.1, 0.15) is 16.8 Å². The van der Waals surface area contributed by atoms with Crippen molar-refractivity contribution in [2.24, 2.45) is 10.2 Å². The van der Waals surface area contributed by atoms with Crippen molar-refractivity contribution in [1.29, 1.82) is 0 Å². The Labute approximate surface area is 156 Å². The second-order valence-electron chi connectivity index (χ2n) is 5.35. The van der Waals surface area contributed by atoms with Crippen molar-refractivity contribution in [3.05, 3.63) is 52.3 Å². The molecule has 1 unspecified atom stereocenters. The minimum Gasteiger partial charge on any atom is -0.481 e. The summed E-state index contributed by atoms with van der Waals surface area (Å²) in [5.74, 6) is -0.593. The van der Waals surface area contributed by atoms with E-state index in [1.165, 1.54) is 18.3 Å². The van der Waals surface area contributed by atoms with Gasteiger partial charge in [0.25, 0.3) is 5.69 Å². The summed E-state index contributed by atoms with van der Waals surface area (Å²) in [6.45, 7) is 0. The number of hydrogen-bond donors (Lipinski definition) is 2. The van der Waals surface area contributed by atoms with Crippen LogP contribution in [0, 0.1) is 10.1 Å². The average Bonchev–Trinajstić information content (AvgIpc) is 3.22. The molecule has 1 aromatic heterocycles. The van der Waals surface area contributed by atoms with Gasteiger partial charge in [-0.3, -0.25) is 19.7 Å². The summed E-state index contributed by atoms with van der Waals surface area (Å²) in [5.41, 5.74) is 0.655. The summed E-state index contributed by atoms with van der Waals surface area (Å²) >= 11 is 0.997. The first-order chi connectivity index (χ1) is 12.9. The Morgan fingerprint density at radius 2 is 2.07 bits per heavy atom. The van der Waals surface area contributed by atoms with E-state index in [-0.39, 0.29) is 17.3 Å². The van der Waals surface area contributed by atoms with E-state index in [1.807, 2.05) is 0 Å². The first-order valence-corrected chi connectivity index (χ1v) is 8.45. The van der Waals surface area contributed by atoms with Crippen molar-refractivity contribution < 1.29 is 24.0 Å². The third kappa shape index (κ3) is 4.58. The molecule has 10 nitrogen and oxygen atoms in total. The van der Waals surface area contributed by atoms with Crippen molar-refractivity contribution in [2.75, 3.05) is 0 Å². The molecule has 0 radical (unpaired) electrons. The molecule has 0 aliphatic carbocycles. The molecule has 138 valence electrons. The van der Waals surface area contributed by atoms with Gasteiger partial charge in [-0.15, -0.1) is 5.10 Å². The van der Waals surface area contributed by atoms with E-state index in [0.717, 1.165) is 11.8 Å². The van der Waals surface area contributed by atoms with E-state index in [1.54, 1.807) is 24.3 Å². The molecular weight excluding hydrogens is 376 g/mol. The number of nitro benzene ring substituents is 1. The first kappa shape index (κ1) is 18.3. The highest BCUT2D eigenvalue weighted by atomic mass is 32.2. The maximum absolute atomic E-state index is 11.6. The van der Waals surface area contributed by atoms with Crippen LogP contribution in [-0.4, -0.2) is 38.5 Å². The number of carboxylic acid groups (broad SMARTS) is 1. The van der Waals surface area contributed by atoms with E-state index in [2.05, 4.69) is 15.5 Å². The minimum atomic E-state index is -1.07. The van der Waals surface area contributed by atoms with Crippen LogP contribution < -0.4 is 5.32 Å². The van der Waals surface area contributed by atoms with E-state index >= 15 is 0 Å². The Bertz CT molecular complexity index is 950. The van der Waals surface area contributed by atoms with Crippen LogP contribution in [0.4, 0.5) is 5.69 Å². The highest BCUT2D eigenvalue weighted by Crippen LogP contribution is 2.24. The average molecular weight is 388 g/mol. The van der Waals surface area contributed by atoms with Crippen molar-refractivity contribution in [1.82, 2.24) is 5.32 Å². The summed E-state index contributed by atoms with van der Waals surface area (Å²) in [7, 11) is 0. The second kappa shape index (κ2) is 7.83. The summed E-state index contributed by atoms with van der Waals surface area (Å²) in [4.78, 5) is 32.4. The number of nitrogens with one attached hydrogen (secondary N) is 1. The molecule has 27 heavy (non-hydrogen) atoms. The van der Waals surface area contributed by atoms with Gasteiger partial charge < -0.3 is 14.8 Å². The Morgan fingerprint density at radius 3 is 2.74 bits per heavy atom. The number of nitrogens with zero attached hydrogens (tertiary/aromatic N) is 3. The van der Waals surface area contributed by atoms with Gasteiger partial charge in [0, 0.05) is 17.7 Å².